The Morgan fingerprint density at radius 1 is 1.35 bits per heavy atom. The molecule has 1 rings (SSSR count). The summed E-state index contributed by atoms with van der Waals surface area (Å²) in [5.74, 6) is -1.16. The van der Waals surface area contributed by atoms with Gasteiger partial charge < -0.3 is 10.4 Å². The molecule has 0 aliphatic heterocycles. The predicted molar refractivity (Wildman–Crippen MR) is 64.3 cm³/mol. The number of nitrogens with one attached hydrogen (secondary N) is 2. The second-order valence-corrected chi connectivity index (χ2v) is 3.89. The summed E-state index contributed by atoms with van der Waals surface area (Å²) in [6, 6.07) is 3.68. The highest BCUT2D eigenvalue weighted by Gasteiger charge is 2.13. The quantitative estimate of drug-likeness (QED) is 0.719. The smallest absolute Gasteiger partial charge is 0.337 e. The Bertz CT molecular complexity index is 448. The number of anilines is 1. The fraction of sp³-hybridized carbons (Fsp3) is 0.200. The van der Waals surface area contributed by atoms with Crippen LogP contribution in [0.1, 0.15) is 10.4 Å². The Kier molecular flexibility index (Phi) is 4.30. The minimum atomic E-state index is -1.16. The van der Waals surface area contributed by atoms with Gasteiger partial charge >= 0.3 is 12.0 Å². The van der Waals surface area contributed by atoms with Gasteiger partial charge in [-0.25, -0.2) is 14.6 Å². The van der Waals surface area contributed by atoms with Crippen molar-refractivity contribution in [2.45, 2.75) is 0 Å². The number of carboxylic acid groups (broad SMARTS) is 1. The zero-order valence-corrected chi connectivity index (χ0v) is 10.1. The van der Waals surface area contributed by atoms with Crippen LogP contribution >= 0.6 is 11.6 Å². The minimum Gasteiger partial charge on any atom is -0.478 e. The Morgan fingerprint density at radius 2 is 2.00 bits per heavy atom. The average Bonchev–Trinajstić information content (AvgIpc) is 2.19. The molecule has 7 heteroatoms. The monoisotopic (exact) mass is 257 g/mol. The molecule has 0 radical (unpaired) electrons. The number of carboxylic acids is 1. The summed E-state index contributed by atoms with van der Waals surface area (Å²) in [4.78, 5) is 22.3. The van der Waals surface area contributed by atoms with Gasteiger partial charge in [-0.3, -0.25) is 5.43 Å². The summed E-state index contributed by atoms with van der Waals surface area (Å²) in [5.41, 5.74) is 2.55. The molecule has 0 saturated carbocycles. The van der Waals surface area contributed by atoms with Crippen molar-refractivity contribution < 1.29 is 14.7 Å². The van der Waals surface area contributed by atoms with Crippen molar-refractivity contribution in [1.82, 2.24) is 10.4 Å². The highest BCUT2D eigenvalue weighted by Crippen LogP contribution is 2.20. The van der Waals surface area contributed by atoms with E-state index in [1.165, 1.54) is 23.2 Å². The van der Waals surface area contributed by atoms with E-state index in [2.05, 4.69) is 10.7 Å². The number of carbonyl (C=O) groups is 2. The van der Waals surface area contributed by atoms with Gasteiger partial charge in [0.1, 0.15) is 0 Å². The molecular weight excluding hydrogens is 246 g/mol. The summed E-state index contributed by atoms with van der Waals surface area (Å²) < 4.78 is 0. The minimum absolute atomic E-state index is 0.0635. The third kappa shape index (κ3) is 3.93. The second-order valence-electron chi connectivity index (χ2n) is 3.46. The van der Waals surface area contributed by atoms with E-state index < -0.39 is 12.0 Å². The number of aromatic carboxylic acids is 1. The van der Waals surface area contributed by atoms with Gasteiger partial charge in [-0.15, -0.1) is 0 Å². The number of carbonyl (C=O) groups excluding carboxylic acids is 1. The number of nitrogens with zero attached hydrogens (tertiary/aromatic N) is 1. The van der Waals surface area contributed by atoms with Crippen LogP contribution in [0, 0.1) is 0 Å². The lowest BCUT2D eigenvalue weighted by Crippen LogP contribution is -2.39. The lowest BCUT2D eigenvalue weighted by molar-refractivity contribution is 0.0698. The van der Waals surface area contributed by atoms with E-state index in [1.54, 1.807) is 14.1 Å². The zero-order valence-electron chi connectivity index (χ0n) is 9.32. The van der Waals surface area contributed by atoms with E-state index in [1.807, 2.05) is 0 Å². The average molecular weight is 258 g/mol. The summed E-state index contributed by atoms with van der Waals surface area (Å²) >= 11 is 5.68. The fourth-order valence-corrected chi connectivity index (χ4v) is 1.33. The third-order valence-corrected chi connectivity index (χ3v) is 2.02. The highest BCUT2D eigenvalue weighted by molar-refractivity contribution is 6.31. The predicted octanol–water partition coefficient (Wildman–Crippen LogP) is 1.64. The van der Waals surface area contributed by atoms with Crippen molar-refractivity contribution in [1.29, 1.82) is 0 Å². The van der Waals surface area contributed by atoms with E-state index >= 15 is 0 Å². The molecule has 2 amide bonds. The van der Waals surface area contributed by atoms with Crippen LogP contribution in [0.5, 0.6) is 0 Å². The number of benzene rings is 1. The number of rotatable bonds is 3. The summed E-state index contributed by atoms with van der Waals surface area (Å²) in [7, 11) is 3.28. The number of urea groups is 1. The number of hydrogen-bond acceptors (Lipinski definition) is 3. The van der Waals surface area contributed by atoms with Crippen molar-refractivity contribution in [2.75, 3.05) is 19.4 Å². The number of hydrogen-bond donors (Lipinski definition) is 3. The molecule has 0 aliphatic carbocycles. The van der Waals surface area contributed by atoms with Crippen LogP contribution < -0.4 is 10.7 Å². The SMILES string of the molecule is CN(C)NC(=O)Nc1ccc(Cl)cc1C(=O)O. The van der Waals surface area contributed by atoms with Crippen molar-refractivity contribution in [2.24, 2.45) is 0 Å². The van der Waals surface area contributed by atoms with Crippen LogP contribution in [-0.4, -0.2) is 36.2 Å². The van der Waals surface area contributed by atoms with E-state index in [9.17, 15) is 9.59 Å². The molecule has 6 nitrogen and oxygen atoms in total. The first-order chi connectivity index (χ1) is 7.90. The highest BCUT2D eigenvalue weighted by atomic mass is 35.5. The number of halogens is 1. The van der Waals surface area contributed by atoms with Crippen LogP contribution in [0.2, 0.25) is 5.02 Å². The van der Waals surface area contributed by atoms with E-state index in [-0.39, 0.29) is 11.3 Å². The van der Waals surface area contributed by atoms with Crippen molar-refractivity contribution in [3.8, 4) is 0 Å². The van der Waals surface area contributed by atoms with Crippen molar-refractivity contribution in [3.05, 3.63) is 28.8 Å². The molecule has 1 aromatic carbocycles. The van der Waals surface area contributed by atoms with Crippen molar-refractivity contribution in [3.63, 3.8) is 0 Å². The Hall–Kier alpha value is -1.79. The van der Waals surface area contributed by atoms with Crippen LogP contribution in [0.4, 0.5) is 10.5 Å². The van der Waals surface area contributed by atoms with Gasteiger partial charge in [0.2, 0.25) is 0 Å². The van der Waals surface area contributed by atoms with Gasteiger partial charge in [0.05, 0.1) is 11.3 Å². The molecule has 0 aromatic heterocycles. The van der Waals surface area contributed by atoms with Crippen LogP contribution in [0.3, 0.4) is 0 Å². The van der Waals surface area contributed by atoms with E-state index in [4.69, 9.17) is 16.7 Å². The standard InChI is InChI=1S/C10H12ClN3O3/c1-14(2)13-10(17)12-8-4-3-6(11)5-7(8)9(15)16/h3-5H,1-2H3,(H,15,16)(H2,12,13,17). The first kappa shape index (κ1) is 13.3. The van der Waals surface area contributed by atoms with Crippen LogP contribution in [-0.2, 0) is 0 Å². The molecule has 0 unspecified atom stereocenters. The second kappa shape index (κ2) is 5.51. The van der Waals surface area contributed by atoms with Gasteiger partial charge in [-0.1, -0.05) is 11.6 Å². The number of amides is 2. The third-order valence-electron chi connectivity index (χ3n) is 1.79. The normalized spacial score (nSPS) is 10.1. The Balaban J connectivity index is 2.91. The van der Waals surface area contributed by atoms with Gasteiger partial charge in [-0.05, 0) is 18.2 Å². The maximum absolute atomic E-state index is 11.4. The molecule has 3 N–H and O–H groups in total. The molecule has 0 aliphatic rings. The first-order valence-electron chi connectivity index (χ1n) is 4.68. The van der Waals surface area contributed by atoms with Crippen molar-refractivity contribution >= 4 is 29.3 Å². The maximum atomic E-state index is 11.4. The topological polar surface area (TPSA) is 81.7 Å². The van der Waals surface area contributed by atoms with E-state index in [0.717, 1.165) is 0 Å². The number of hydrazine groups is 1. The lowest BCUT2D eigenvalue weighted by Gasteiger charge is -2.14. The molecular formula is C10H12ClN3O3. The molecule has 0 bridgehead atoms. The first-order valence-corrected chi connectivity index (χ1v) is 5.05. The van der Waals surface area contributed by atoms with Crippen LogP contribution in [0.25, 0.3) is 0 Å². The van der Waals surface area contributed by atoms with Gasteiger partial charge in [0.25, 0.3) is 0 Å². The molecule has 17 heavy (non-hydrogen) atoms. The summed E-state index contributed by atoms with van der Waals surface area (Å²) in [6.07, 6.45) is 0. The molecule has 1 aromatic rings. The fourth-order valence-electron chi connectivity index (χ4n) is 1.16. The molecule has 0 fully saturated rings. The molecule has 0 spiro atoms. The van der Waals surface area contributed by atoms with Gasteiger partial charge in [-0.2, -0.15) is 0 Å². The Labute approximate surface area is 103 Å². The largest absolute Gasteiger partial charge is 0.478 e. The lowest BCUT2D eigenvalue weighted by atomic mass is 10.2. The Morgan fingerprint density at radius 3 is 2.53 bits per heavy atom. The summed E-state index contributed by atoms with van der Waals surface area (Å²) in [5, 5.41) is 13.1. The van der Waals surface area contributed by atoms with Gasteiger partial charge in [0.15, 0.2) is 0 Å². The molecule has 92 valence electrons. The molecule has 0 atom stereocenters. The molecule has 0 saturated heterocycles. The van der Waals surface area contributed by atoms with Gasteiger partial charge in [0, 0.05) is 19.1 Å². The van der Waals surface area contributed by atoms with Crippen LogP contribution in [0.15, 0.2) is 18.2 Å². The maximum Gasteiger partial charge on any atom is 0.337 e. The van der Waals surface area contributed by atoms with E-state index in [0.29, 0.717) is 5.02 Å². The molecule has 0 heterocycles. The summed E-state index contributed by atoms with van der Waals surface area (Å²) in [6.45, 7) is 0. The zero-order chi connectivity index (χ0) is 13.0.